The molecular formula is C12H16ClN5S. The molecule has 2 aromatic rings. The molecule has 1 aromatic carbocycles. The number of aryl methyl sites for hydroxylation is 1. The van der Waals surface area contributed by atoms with Crippen molar-refractivity contribution >= 4 is 23.4 Å². The third-order valence-corrected chi connectivity index (χ3v) is 4.52. The highest BCUT2D eigenvalue weighted by Crippen LogP contribution is 2.37. The smallest absolute Gasteiger partial charge is 0.209 e. The molecule has 0 amide bonds. The van der Waals surface area contributed by atoms with Crippen molar-refractivity contribution in [2.24, 2.45) is 12.8 Å². The first-order valence-electron chi connectivity index (χ1n) is 6.02. The van der Waals surface area contributed by atoms with E-state index in [0.29, 0.717) is 5.02 Å². The van der Waals surface area contributed by atoms with Gasteiger partial charge in [-0.25, -0.2) is 4.68 Å². The Hall–Kier alpha value is -1.11. The standard InChI is InChI=1S/C12H16ClN5S/c1-3-10(14)11(8-5-4-6-9(13)7-8)19-12-15-16-17-18(12)2/h4-7,10-11H,3,14H2,1-2H3. The second-order valence-corrected chi connectivity index (χ2v) is 5.80. The Bertz CT molecular complexity index is 544. The van der Waals surface area contributed by atoms with Crippen molar-refractivity contribution in [2.45, 2.75) is 29.8 Å². The van der Waals surface area contributed by atoms with E-state index >= 15 is 0 Å². The van der Waals surface area contributed by atoms with Crippen LogP contribution in [0.1, 0.15) is 24.2 Å². The van der Waals surface area contributed by atoms with E-state index in [1.165, 1.54) is 0 Å². The summed E-state index contributed by atoms with van der Waals surface area (Å²) in [6.07, 6.45) is 0.870. The van der Waals surface area contributed by atoms with E-state index in [-0.39, 0.29) is 11.3 Å². The van der Waals surface area contributed by atoms with E-state index in [4.69, 9.17) is 17.3 Å². The second kappa shape index (κ2) is 6.36. The van der Waals surface area contributed by atoms with Gasteiger partial charge in [-0.3, -0.25) is 0 Å². The summed E-state index contributed by atoms with van der Waals surface area (Å²) in [5, 5.41) is 13.0. The van der Waals surface area contributed by atoms with Gasteiger partial charge in [0, 0.05) is 18.1 Å². The van der Waals surface area contributed by atoms with Crippen LogP contribution < -0.4 is 5.73 Å². The molecule has 2 atom stereocenters. The summed E-state index contributed by atoms with van der Waals surface area (Å²) in [5.41, 5.74) is 7.32. The largest absolute Gasteiger partial charge is 0.326 e. The minimum Gasteiger partial charge on any atom is -0.326 e. The Morgan fingerprint density at radius 2 is 2.26 bits per heavy atom. The van der Waals surface area contributed by atoms with Gasteiger partial charge in [-0.2, -0.15) is 0 Å². The fourth-order valence-corrected chi connectivity index (χ4v) is 3.08. The quantitative estimate of drug-likeness (QED) is 0.858. The fourth-order valence-electron chi connectivity index (χ4n) is 1.73. The number of halogens is 1. The third kappa shape index (κ3) is 3.46. The van der Waals surface area contributed by atoms with Crippen LogP contribution in [-0.2, 0) is 7.05 Å². The van der Waals surface area contributed by atoms with Crippen LogP contribution in [0.5, 0.6) is 0 Å². The molecule has 0 aliphatic rings. The SMILES string of the molecule is CCC(N)C(Sc1nnnn1C)c1cccc(Cl)c1. The second-order valence-electron chi connectivity index (χ2n) is 4.25. The van der Waals surface area contributed by atoms with E-state index in [1.54, 1.807) is 16.4 Å². The average Bonchev–Trinajstić information content (AvgIpc) is 2.80. The van der Waals surface area contributed by atoms with Crippen molar-refractivity contribution < 1.29 is 0 Å². The maximum atomic E-state index is 6.22. The van der Waals surface area contributed by atoms with Crippen molar-refractivity contribution in [3.05, 3.63) is 34.9 Å². The minimum absolute atomic E-state index is 0.0140. The minimum atomic E-state index is 0.0140. The van der Waals surface area contributed by atoms with Crippen LogP contribution >= 0.6 is 23.4 Å². The summed E-state index contributed by atoms with van der Waals surface area (Å²) in [5.74, 6) is 0. The highest BCUT2D eigenvalue weighted by Gasteiger charge is 2.22. The molecule has 1 aromatic heterocycles. The molecule has 102 valence electrons. The summed E-state index contributed by atoms with van der Waals surface area (Å²) in [6.45, 7) is 2.07. The Kier molecular flexibility index (Phi) is 4.79. The molecule has 0 saturated heterocycles. The zero-order valence-corrected chi connectivity index (χ0v) is 12.4. The first-order chi connectivity index (χ1) is 9.11. The van der Waals surface area contributed by atoms with Crippen LogP contribution in [0.15, 0.2) is 29.4 Å². The third-order valence-electron chi connectivity index (χ3n) is 2.85. The number of aromatic nitrogens is 4. The molecule has 5 nitrogen and oxygen atoms in total. The summed E-state index contributed by atoms with van der Waals surface area (Å²) >= 11 is 7.61. The summed E-state index contributed by atoms with van der Waals surface area (Å²) in [4.78, 5) is 0. The lowest BCUT2D eigenvalue weighted by Gasteiger charge is -2.22. The molecule has 19 heavy (non-hydrogen) atoms. The summed E-state index contributed by atoms with van der Waals surface area (Å²) in [6, 6.07) is 7.78. The molecule has 0 fully saturated rings. The van der Waals surface area contributed by atoms with Crippen LogP contribution in [0, 0.1) is 0 Å². The van der Waals surface area contributed by atoms with Crippen molar-refractivity contribution in [1.82, 2.24) is 20.2 Å². The summed E-state index contributed by atoms with van der Waals surface area (Å²) < 4.78 is 1.64. The Labute approximate surface area is 121 Å². The molecule has 2 N–H and O–H groups in total. The van der Waals surface area contributed by atoms with Gasteiger partial charge in [-0.15, -0.1) is 5.10 Å². The zero-order chi connectivity index (χ0) is 13.8. The van der Waals surface area contributed by atoms with E-state index in [2.05, 4.69) is 22.4 Å². The van der Waals surface area contributed by atoms with Gasteiger partial charge in [0.15, 0.2) is 0 Å². The number of nitrogens with two attached hydrogens (primary N) is 1. The lowest BCUT2D eigenvalue weighted by Crippen LogP contribution is -2.26. The number of tetrazole rings is 1. The molecule has 2 unspecified atom stereocenters. The number of hydrogen-bond acceptors (Lipinski definition) is 5. The van der Waals surface area contributed by atoms with Gasteiger partial charge in [0.25, 0.3) is 0 Å². The Morgan fingerprint density at radius 1 is 1.47 bits per heavy atom. The van der Waals surface area contributed by atoms with Crippen molar-refractivity contribution in [2.75, 3.05) is 0 Å². The van der Waals surface area contributed by atoms with Crippen molar-refractivity contribution in [1.29, 1.82) is 0 Å². The van der Waals surface area contributed by atoms with Gasteiger partial charge in [-0.1, -0.05) is 42.4 Å². The van der Waals surface area contributed by atoms with Crippen LogP contribution in [-0.4, -0.2) is 26.2 Å². The fraction of sp³-hybridized carbons (Fsp3) is 0.417. The van der Waals surface area contributed by atoms with Gasteiger partial charge in [0.2, 0.25) is 5.16 Å². The van der Waals surface area contributed by atoms with Gasteiger partial charge in [0.05, 0.1) is 5.25 Å². The van der Waals surface area contributed by atoms with Gasteiger partial charge in [-0.05, 0) is 34.5 Å². The Balaban J connectivity index is 2.29. The molecule has 0 bridgehead atoms. The molecule has 0 saturated carbocycles. The predicted molar refractivity (Wildman–Crippen MR) is 77.1 cm³/mol. The molecule has 7 heteroatoms. The predicted octanol–water partition coefficient (Wildman–Crippen LogP) is 2.43. The molecule has 0 aliphatic carbocycles. The molecule has 2 rings (SSSR count). The number of rotatable bonds is 5. The number of nitrogens with zero attached hydrogens (tertiary/aromatic N) is 4. The topological polar surface area (TPSA) is 69.6 Å². The van der Waals surface area contributed by atoms with Crippen molar-refractivity contribution in [3.8, 4) is 0 Å². The molecule has 0 spiro atoms. The monoisotopic (exact) mass is 297 g/mol. The molecule has 1 heterocycles. The van der Waals surface area contributed by atoms with Gasteiger partial charge in [0.1, 0.15) is 0 Å². The van der Waals surface area contributed by atoms with Crippen LogP contribution in [0.3, 0.4) is 0 Å². The number of thioether (sulfide) groups is 1. The zero-order valence-electron chi connectivity index (χ0n) is 10.8. The lowest BCUT2D eigenvalue weighted by atomic mass is 10.0. The first-order valence-corrected chi connectivity index (χ1v) is 7.27. The normalized spacial score (nSPS) is 14.3. The van der Waals surface area contributed by atoms with E-state index in [0.717, 1.165) is 17.1 Å². The lowest BCUT2D eigenvalue weighted by molar-refractivity contribution is 0.624. The maximum absolute atomic E-state index is 6.22. The van der Waals surface area contributed by atoms with E-state index < -0.39 is 0 Å². The molecule has 0 radical (unpaired) electrons. The molecule has 0 aliphatic heterocycles. The Morgan fingerprint density at radius 3 is 2.84 bits per heavy atom. The van der Waals surface area contributed by atoms with Crippen molar-refractivity contribution in [3.63, 3.8) is 0 Å². The number of hydrogen-bond donors (Lipinski definition) is 1. The summed E-state index contributed by atoms with van der Waals surface area (Å²) in [7, 11) is 1.81. The van der Waals surface area contributed by atoms with Crippen LogP contribution in [0.25, 0.3) is 0 Å². The van der Waals surface area contributed by atoms with E-state index in [9.17, 15) is 0 Å². The number of benzene rings is 1. The average molecular weight is 298 g/mol. The van der Waals surface area contributed by atoms with Crippen LogP contribution in [0.4, 0.5) is 0 Å². The first kappa shape index (κ1) is 14.3. The van der Waals surface area contributed by atoms with E-state index in [1.807, 2.05) is 31.3 Å². The maximum Gasteiger partial charge on any atom is 0.209 e. The van der Waals surface area contributed by atoms with Gasteiger partial charge < -0.3 is 5.73 Å². The highest BCUT2D eigenvalue weighted by molar-refractivity contribution is 7.99. The molecular weight excluding hydrogens is 282 g/mol. The van der Waals surface area contributed by atoms with Crippen LogP contribution in [0.2, 0.25) is 5.02 Å². The van der Waals surface area contributed by atoms with Gasteiger partial charge >= 0.3 is 0 Å². The highest BCUT2D eigenvalue weighted by atomic mass is 35.5.